The highest BCUT2D eigenvalue weighted by molar-refractivity contribution is 5.95. The molecule has 434 valence electrons. The van der Waals surface area contributed by atoms with Crippen molar-refractivity contribution in [3.05, 3.63) is 48.6 Å². The summed E-state index contributed by atoms with van der Waals surface area (Å²) in [5.74, 6) is 13.2. The van der Waals surface area contributed by atoms with E-state index < -0.39 is 0 Å². The molecule has 81 heavy (non-hydrogen) atoms. The first kappa shape index (κ1) is 54.7. The van der Waals surface area contributed by atoms with Crippen LogP contribution in [0.3, 0.4) is 0 Å². The normalized spacial score (nSPS) is 50.3. The largest absolute Gasteiger partial charge is 0.370 e. The molecule has 0 aliphatic heterocycles. The molecule has 12 N–H and O–H groups in total. The Morgan fingerprint density at radius 1 is 0.346 bits per heavy atom. The number of rotatable bonds is 13. The molecule has 0 heterocycles. The van der Waals surface area contributed by atoms with Gasteiger partial charge in [-0.25, -0.2) is 9.98 Å². The van der Waals surface area contributed by atoms with Crippen LogP contribution in [-0.2, 0) is 38.4 Å². The fraction of sp³-hybridized carbons (Fsp3) is 0.723. The number of hydrogen-bond acceptors (Lipinski definition) is 8. The molecule has 12 fully saturated rings. The highest BCUT2D eigenvalue weighted by atomic mass is 16.2. The zero-order valence-corrected chi connectivity index (χ0v) is 47.1. The maximum absolute atomic E-state index is 12.5. The Morgan fingerprint density at radius 2 is 0.593 bits per heavy atom. The maximum atomic E-state index is 12.5. The SMILES string of the molecule is CC=NC(=O)C1C2CC(C1C(=O)N=CC)C1C3C=CC(C3)C21.NC(=O)C1C2CC(C1C(N)=O)C1C3C=CC(C3)C21.NC(=O)CC1C(CC(N)=O)C2CC1C1C3C=CC(C3)C21.NC(=O)CCC1C(CC(N)=O)C2CC1C1C3C=CC(C3)C21. The summed E-state index contributed by atoms with van der Waals surface area (Å²) in [6.07, 6.45) is 34.1. The van der Waals surface area contributed by atoms with Crippen molar-refractivity contribution in [2.45, 2.75) is 97.3 Å². The average Bonchev–Trinajstić information content (AvgIpc) is 2.21. The zero-order chi connectivity index (χ0) is 56.8. The lowest BCUT2D eigenvalue weighted by molar-refractivity contribution is -0.136. The van der Waals surface area contributed by atoms with Gasteiger partial charge in [-0.3, -0.25) is 38.4 Å². The van der Waals surface area contributed by atoms with Crippen LogP contribution in [0.5, 0.6) is 0 Å². The van der Waals surface area contributed by atoms with Crippen molar-refractivity contribution in [1.29, 1.82) is 0 Å². The van der Waals surface area contributed by atoms with Crippen LogP contribution >= 0.6 is 0 Å². The monoisotopic (exact) mass is 1110 g/mol. The van der Waals surface area contributed by atoms with Gasteiger partial charge in [0, 0.05) is 38.1 Å². The number of nitrogens with zero attached hydrogens (tertiary/aromatic N) is 2. The number of nitrogens with two attached hydrogens (primary N) is 6. The maximum Gasteiger partial charge on any atom is 0.249 e. The van der Waals surface area contributed by atoms with Crippen LogP contribution in [0.1, 0.15) is 97.3 Å². The van der Waals surface area contributed by atoms with Crippen molar-refractivity contribution in [3.63, 3.8) is 0 Å². The number of aliphatic imine (C=N–C) groups is 2. The van der Waals surface area contributed by atoms with Gasteiger partial charge in [-0.2, -0.15) is 0 Å². The van der Waals surface area contributed by atoms with Crippen LogP contribution < -0.4 is 34.4 Å². The Kier molecular flexibility index (Phi) is 14.0. The average molecular weight is 1110 g/mol. The summed E-state index contributed by atoms with van der Waals surface area (Å²) in [6.45, 7) is 3.52. The molecule has 32 unspecified atom stereocenters. The first-order valence-corrected chi connectivity index (χ1v) is 31.4. The third kappa shape index (κ3) is 8.58. The van der Waals surface area contributed by atoms with E-state index in [9.17, 15) is 38.4 Å². The van der Waals surface area contributed by atoms with E-state index in [0.29, 0.717) is 156 Å². The summed E-state index contributed by atoms with van der Waals surface area (Å²) >= 11 is 0. The Bertz CT molecular complexity index is 2710. The van der Waals surface area contributed by atoms with Gasteiger partial charge in [0.05, 0.1) is 23.7 Å². The van der Waals surface area contributed by atoms with Crippen molar-refractivity contribution in [1.82, 2.24) is 0 Å². The molecule has 8 amide bonds. The van der Waals surface area contributed by atoms with Crippen molar-refractivity contribution in [2.24, 2.45) is 234 Å². The summed E-state index contributed by atoms with van der Waals surface area (Å²) in [6, 6.07) is 0. The molecule has 12 saturated carbocycles. The highest BCUT2D eigenvalue weighted by Gasteiger charge is 2.70. The molecule has 16 aliphatic rings. The predicted octanol–water partition coefficient (Wildman–Crippen LogP) is 5.32. The number of primary amides is 6. The molecule has 0 saturated heterocycles. The van der Waals surface area contributed by atoms with Gasteiger partial charge in [-0.05, 0) is 237 Å². The number of allylic oxidation sites excluding steroid dienone is 8. The summed E-state index contributed by atoms with van der Waals surface area (Å²) in [5, 5.41) is 0. The van der Waals surface area contributed by atoms with E-state index >= 15 is 0 Å². The van der Waals surface area contributed by atoms with Gasteiger partial charge >= 0.3 is 0 Å². The van der Waals surface area contributed by atoms with E-state index in [1.807, 2.05) is 0 Å². The van der Waals surface area contributed by atoms with Crippen molar-refractivity contribution in [2.75, 3.05) is 0 Å². The minimum atomic E-state index is -0.323. The van der Waals surface area contributed by atoms with Crippen molar-refractivity contribution >= 4 is 59.7 Å². The Morgan fingerprint density at radius 3 is 0.852 bits per heavy atom. The first-order chi connectivity index (χ1) is 38.9. The second-order valence-electron chi connectivity index (χ2n) is 28.7. The van der Waals surface area contributed by atoms with Gasteiger partial charge in [-0.1, -0.05) is 48.6 Å². The van der Waals surface area contributed by atoms with E-state index in [2.05, 4.69) is 58.6 Å². The molecule has 0 aromatic rings. The molecular formula is C65H86N8O8. The van der Waals surface area contributed by atoms with Crippen LogP contribution in [0.2, 0.25) is 0 Å². The van der Waals surface area contributed by atoms with E-state index in [1.165, 1.54) is 38.5 Å². The summed E-state index contributed by atoms with van der Waals surface area (Å²) in [5.41, 5.74) is 32.8. The second kappa shape index (κ2) is 20.7. The van der Waals surface area contributed by atoms with Gasteiger partial charge < -0.3 is 34.4 Å². The smallest absolute Gasteiger partial charge is 0.249 e. The topological polar surface area (TPSA) is 317 Å². The molecule has 16 aliphatic carbocycles. The lowest BCUT2D eigenvalue weighted by atomic mass is 9.63. The molecule has 0 aromatic heterocycles. The van der Waals surface area contributed by atoms with Gasteiger partial charge in [0.25, 0.3) is 0 Å². The fourth-order valence-corrected chi connectivity index (χ4v) is 24.9. The van der Waals surface area contributed by atoms with E-state index in [0.717, 1.165) is 54.8 Å². The number of carbonyl (C=O) groups excluding carboxylic acids is 8. The van der Waals surface area contributed by atoms with E-state index in [1.54, 1.807) is 26.3 Å². The molecule has 0 radical (unpaired) electrons. The van der Waals surface area contributed by atoms with Gasteiger partial charge in [-0.15, -0.1) is 0 Å². The molecule has 0 spiro atoms. The second-order valence-corrected chi connectivity index (χ2v) is 28.7. The van der Waals surface area contributed by atoms with Crippen LogP contribution in [0.15, 0.2) is 58.6 Å². The molecule has 0 aromatic carbocycles. The van der Waals surface area contributed by atoms with Gasteiger partial charge in [0.1, 0.15) is 0 Å². The van der Waals surface area contributed by atoms with Gasteiger partial charge in [0.15, 0.2) is 0 Å². The van der Waals surface area contributed by atoms with Gasteiger partial charge in [0.2, 0.25) is 47.3 Å². The van der Waals surface area contributed by atoms with Crippen LogP contribution in [0, 0.1) is 189 Å². The zero-order valence-electron chi connectivity index (χ0n) is 47.1. The summed E-state index contributed by atoms with van der Waals surface area (Å²) in [4.78, 5) is 102. The highest BCUT2D eigenvalue weighted by Crippen LogP contribution is 2.73. The molecular weight excluding hydrogens is 1020 g/mol. The van der Waals surface area contributed by atoms with Crippen LogP contribution in [0.4, 0.5) is 0 Å². The van der Waals surface area contributed by atoms with Crippen molar-refractivity contribution < 1.29 is 38.4 Å². The van der Waals surface area contributed by atoms with E-state index in [4.69, 9.17) is 34.4 Å². The lowest BCUT2D eigenvalue weighted by Gasteiger charge is -2.41. The Hall–Kier alpha value is -5.54. The van der Waals surface area contributed by atoms with Crippen molar-refractivity contribution in [3.8, 4) is 0 Å². The minimum Gasteiger partial charge on any atom is -0.370 e. The molecule has 16 bridgehead atoms. The van der Waals surface area contributed by atoms with E-state index in [-0.39, 0.29) is 70.9 Å². The molecule has 16 heteroatoms. The number of fused-ring (bicyclic) bond motifs is 36. The lowest BCUT2D eigenvalue weighted by Crippen LogP contribution is -2.47. The summed E-state index contributed by atoms with van der Waals surface area (Å²) < 4.78 is 0. The Labute approximate surface area is 475 Å². The van der Waals surface area contributed by atoms with Crippen LogP contribution in [-0.4, -0.2) is 59.7 Å². The quantitative estimate of drug-likeness (QED) is 0.0794. The van der Waals surface area contributed by atoms with Crippen LogP contribution in [0.25, 0.3) is 0 Å². The minimum absolute atomic E-state index is 0.107. The summed E-state index contributed by atoms with van der Waals surface area (Å²) in [7, 11) is 0. The third-order valence-corrected chi connectivity index (χ3v) is 26.2. The predicted molar refractivity (Wildman–Crippen MR) is 302 cm³/mol. The third-order valence-electron chi connectivity index (χ3n) is 26.2. The standard InChI is InChI=1S/C18H22N2O2.C17H24N2O2.C16H22N2O2.C14H18N2O2/c1-3-19-17(21)15-11-8-12(16(15)18(22)20-4-2)14-10-6-5-9(7-10)13(11)14;18-14(20)4-3-10-11(7-15(19)21)13-6-12(10)16-8-1-2-9(5-8)17(13)16;17-13(19)5-9-10(6-14(18)20)12-4-11(9)15-7-1-2-8(3-7)16(12)15;15-13(17)11-7-4-8(12(11)14(16)18)10-6-2-1-5(3-6)9(7)10/h3-6,9-16H,7-8H2,1-2H3;1-2,8-13,16-17H,3-7H2,(H2,18,20)(H2,19,21);1-2,7-12,15-16H,3-6H2,(H2,17,19)(H2,18,20);1-2,5-12H,3-4H2,(H2,15,17)(H2,16,18). The number of amides is 8. The fourth-order valence-electron chi connectivity index (χ4n) is 24.9. The number of hydrogen-bond donors (Lipinski definition) is 6. The first-order valence-electron chi connectivity index (χ1n) is 31.4. The molecule has 16 rings (SSSR count). The molecule has 32 atom stereocenters. The Balaban J connectivity index is 0.000000102. The molecule has 16 nitrogen and oxygen atoms in total. The number of carbonyl (C=O) groups is 8.